The fourth-order valence-electron chi connectivity index (χ4n) is 2.60. The van der Waals surface area contributed by atoms with E-state index < -0.39 is 5.97 Å². The van der Waals surface area contributed by atoms with Crippen LogP contribution in [0.4, 0.5) is 0 Å². The minimum absolute atomic E-state index is 0.114. The summed E-state index contributed by atoms with van der Waals surface area (Å²) in [5.74, 6) is 0.786. The van der Waals surface area contributed by atoms with E-state index in [1.165, 1.54) is 6.08 Å². The van der Waals surface area contributed by atoms with Gasteiger partial charge in [0.05, 0.1) is 0 Å². The summed E-state index contributed by atoms with van der Waals surface area (Å²) < 4.78 is 21.2. The molecule has 2 aromatic rings. The minimum atomic E-state index is -0.584. The summed E-state index contributed by atoms with van der Waals surface area (Å²) in [6.07, 6.45) is 1.78. The number of rotatable bonds is 4. The van der Waals surface area contributed by atoms with E-state index in [4.69, 9.17) is 18.9 Å². The number of hydrogen-bond donors (Lipinski definition) is 0. The van der Waals surface area contributed by atoms with Crippen LogP contribution >= 0.6 is 0 Å². The van der Waals surface area contributed by atoms with Crippen LogP contribution in [0.5, 0.6) is 17.2 Å². The maximum Gasteiger partial charge on any atom is 0.363 e. The van der Waals surface area contributed by atoms with Crippen LogP contribution in [0.2, 0.25) is 0 Å². The number of nitrogens with zero attached hydrogens (tertiary/aromatic N) is 1. The molecule has 0 saturated heterocycles. The third-order valence-electron chi connectivity index (χ3n) is 3.96. The summed E-state index contributed by atoms with van der Waals surface area (Å²) in [6, 6.07) is 12.1. The van der Waals surface area contributed by atoms with Crippen molar-refractivity contribution < 1.29 is 28.5 Å². The van der Waals surface area contributed by atoms with Gasteiger partial charge in [-0.15, -0.1) is 0 Å². The van der Waals surface area contributed by atoms with Crippen molar-refractivity contribution >= 4 is 23.9 Å². The van der Waals surface area contributed by atoms with Gasteiger partial charge < -0.3 is 18.9 Å². The van der Waals surface area contributed by atoms with Gasteiger partial charge in [-0.25, -0.2) is 9.79 Å². The molecule has 2 aliphatic rings. The van der Waals surface area contributed by atoms with E-state index in [2.05, 4.69) is 4.99 Å². The third-order valence-corrected chi connectivity index (χ3v) is 3.96. The first-order chi connectivity index (χ1) is 13.1. The molecular weight excluding hydrogens is 350 g/mol. The first-order valence-corrected chi connectivity index (χ1v) is 8.36. The first-order valence-electron chi connectivity index (χ1n) is 8.36. The van der Waals surface area contributed by atoms with E-state index in [-0.39, 0.29) is 30.8 Å². The van der Waals surface area contributed by atoms with Gasteiger partial charge in [-0.2, -0.15) is 0 Å². The third kappa shape index (κ3) is 3.39. The average molecular weight is 365 g/mol. The summed E-state index contributed by atoms with van der Waals surface area (Å²) in [6.45, 7) is 1.86. The molecule has 2 aliphatic heterocycles. The van der Waals surface area contributed by atoms with Crippen LogP contribution in [0.3, 0.4) is 0 Å². The molecule has 27 heavy (non-hydrogen) atoms. The van der Waals surface area contributed by atoms with Crippen molar-refractivity contribution in [2.75, 3.05) is 6.79 Å². The van der Waals surface area contributed by atoms with Crippen molar-refractivity contribution in [2.45, 2.75) is 13.3 Å². The van der Waals surface area contributed by atoms with Gasteiger partial charge in [-0.1, -0.05) is 25.1 Å². The number of carbonyl (C=O) groups is 2. The molecule has 0 spiro atoms. The van der Waals surface area contributed by atoms with Gasteiger partial charge in [0.25, 0.3) is 0 Å². The number of esters is 2. The van der Waals surface area contributed by atoms with Crippen molar-refractivity contribution in [1.29, 1.82) is 0 Å². The highest BCUT2D eigenvalue weighted by molar-refractivity contribution is 6.13. The number of hydrogen-bond acceptors (Lipinski definition) is 7. The van der Waals surface area contributed by atoms with E-state index in [1.807, 2.05) is 0 Å². The van der Waals surface area contributed by atoms with E-state index in [1.54, 1.807) is 49.4 Å². The number of ether oxygens (including phenoxy) is 4. The minimum Gasteiger partial charge on any atom is -0.454 e. The zero-order valence-electron chi connectivity index (χ0n) is 14.4. The number of benzene rings is 2. The lowest BCUT2D eigenvalue weighted by Crippen LogP contribution is -2.07. The van der Waals surface area contributed by atoms with E-state index >= 15 is 0 Å². The fraction of sp³-hybridized carbons (Fsp3) is 0.150. The molecule has 0 bridgehead atoms. The lowest BCUT2D eigenvalue weighted by atomic mass is 10.1. The Morgan fingerprint density at radius 1 is 1.19 bits per heavy atom. The predicted octanol–water partition coefficient (Wildman–Crippen LogP) is 3.08. The predicted molar refractivity (Wildman–Crippen MR) is 95.5 cm³/mol. The normalized spacial score (nSPS) is 16.3. The lowest BCUT2D eigenvalue weighted by Gasteiger charge is -2.06. The Morgan fingerprint density at radius 2 is 2.00 bits per heavy atom. The van der Waals surface area contributed by atoms with Crippen molar-refractivity contribution in [3.63, 3.8) is 0 Å². The molecule has 0 amide bonds. The van der Waals surface area contributed by atoms with Gasteiger partial charge in [-0.3, -0.25) is 4.79 Å². The molecule has 2 aromatic carbocycles. The fourth-order valence-corrected chi connectivity index (χ4v) is 2.60. The number of para-hydroxylation sites is 1. The van der Waals surface area contributed by atoms with Gasteiger partial charge in [-0.05, 0) is 30.3 Å². The Balaban J connectivity index is 1.65. The van der Waals surface area contributed by atoms with Crippen LogP contribution < -0.4 is 14.2 Å². The van der Waals surface area contributed by atoms with Crippen molar-refractivity contribution in [3.8, 4) is 17.2 Å². The SMILES string of the molecule is CCC(=O)Oc1ccccc1/C=C1/N=C(c2ccc3c(c2)OCO3)OC1=O. The van der Waals surface area contributed by atoms with Crippen LogP contribution in [-0.4, -0.2) is 24.6 Å². The molecule has 4 rings (SSSR count). The lowest BCUT2D eigenvalue weighted by molar-refractivity contribution is -0.134. The molecule has 0 saturated carbocycles. The Bertz CT molecular complexity index is 992. The van der Waals surface area contributed by atoms with Gasteiger partial charge in [0.1, 0.15) is 5.75 Å². The largest absolute Gasteiger partial charge is 0.454 e. The van der Waals surface area contributed by atoms with Gasteiger partial charge in [0, 0.05) is 17.5 Å². The summed E-state index contributed by atoms with van der Waals surface area (Å²) in [7, 11) is 0. The number of cyclic esters (lactones) is 1. The van der Waals surface area contributed by atoms with Gasteiger partial charge in [0.15, 0.2) is 17.2 Å². The van der Waals surface area contributed by atoms with Crippen LogP contribution in [-0.2, 0) is 14.3 Å². The van der Waals surface area contributed by atoms with Crippen molar-refractivity contribution in [2.24, 2.45) is 4.99 Å². The molecule has 0 atom stereocenters. The average Bonchev–Trinajstić information content (AvgIpc) is 3.29. The quantitative estimate of drug-likeness (QED) is 0.470. The van der Waals surface area contributed by atoms with Crippen LogP contribution in [0.15, 0.2) is 53.2 Å². The summed E-state index contributed by atoms with van der Waals surface area (Å²) in [5.41, 5.74) is 1.27. The smallest absolute Gasteiger partial charge is 0.363 e. The molecule has 7 heteroatoms. The maximum atomic E-state index is 12.2. The molecular formula is C20H15NO6. The topological polar surface area (TPSA) is 83.4 Å². The Labute approximate surface area is 154 Å². The Morgan fingerprint density at radius 3 is 2.85 bits per heavy atom. The standard InChI is InChI=1S/C20H15NO6/c1-2-18(22)26-15-6-4-3-5-12(15)9-14-20(23)27-19(21-14)13-7-8-16-17(10-13)25-11-24-16/h3-10H,2,11H2,1H3/b14-9+. The molecule has 7 nitrogen and oxygen atoms in total. The molecule has 2 heterocycles. The zero-order valence-corrected chi connectivity index (χ0v) is 14.4. The monoisotopic (exact) mass is 365 g/mol. The van der Waals surface area contributed by atoms with Gasteiger partial charge >= 0.3 is 11.9 Å². The van der Waals surface area contributed by atoms with E-state index in [0.29, 0.717) is 28.4 Å². The maximum absolute atomic E-state index is 12.2. The van der Waals surface area contributed by atoms with Gasteiger partial charge in [0.2, 0.25) is 12.7 Å². The zero-order chi connectivity index (χ0) is 18.8. The van der Waals surface area contributed by atoms with Crippen LogP contribution in [0.25, 0.3) is 6.08 Å². The Kier molecular flexibility index (Phi) is 4.33. The van der Waals surface area contributed by atoms with Crippen LogP contribution in [0.1, 0.15) is 24.5 Å². The number of carbonyl (C=O) groups excluding carboxylic acids is 2. The van der Waals surface area contributed by atoms with E-state index in [9.17, 15) is 9.59 Å². The molecule has 136 valence electrons. The summed E-state index contributed by atoms with van der Waals surface area (Å²) in [5, 5.41) is 0. The highest BCUT2D eigenvalue weighted by Crippen LogP contribution is 2.33. The summed E-state index contributed by atoms with van der Waals surface area (Å²) >= 11 is 0. The molecule has 0 aliphatic carbocycles. The highest BCUT2D eigenvalue weighted by Gasteiger charge is 2.26. The van der Waals surface area contributed by atoms with Crippen molar-refractivity contribution in [1.82, 2.24) is 0 Å². The highest BCUT2D eigenvalue weighted by atomic mass is 16.7. The molecule has 0 N–H and O–H groups in total. The van der Waals surface area contributed by atoms with Crippen LogP contribution in [0, 0.1) is 0 Å². The second kappa shape index (κ2) is 6.95. The second-order valence-corrected chi connectivity index (χ2v) is 5.77. The second-order valence-electron chi connectivity index (χ2n) is 5.77. The van der Waals surface area contributed by atoms with E-state index in [0.717, 1.165) is 0 Å². The number of aliphatic imine (C=N–C) groups is 1. The molecule has 0 fully saturated rings. The molecule has 0 unspecified atom stereocenters. The Hall–Kier alpha value is -3.61. The molecule has 0 aromatic heterocycles. The van der Waals surface area contributed by atoms with Crippen molar-refractivity contribution in [3.05, 3.63) is 59.3 Å². The number of fused-ring (bicyclic) bond motifs is 1. The first kappa shape index (κ1) is 16.8. The molecule has 0 radical (unpaired) electrons. The summed E-state index contributed by atoms with van der Waals surface area (Å²) in [4.78, 5) is 28.1.